The van der Waals surface area contributed by atoms with Gasteiger partial charge in [-0.05, 0) is 28.3 Å². The van der Waals surface area contributed by atoms with Crippen LogP contribution in [0.25, 0.3) is 0 Å². The first-order valence-corrected chi connectivity index (χ1v) is 11.0. The van der Waals surface area contributed by atoms with Crippen LogP contribution in [0, 0.1) is 0 Å². The van der Waals surface area contributed by atoms with Gasteiger partial charge in [0.2, 0.25) is 0 Å². The molecule has 0 saturated heterocycles. The van der Waals surface area contributed by atoms with Crippen molar-refractivity contribution >= 4 is 18.7 Å². The van der Waals surface area contributed by atoms with Crippen molar-refractivity contribution in [2.75, 3.05) is 0 Å². The Kier molecular flexibility index (Phi) is 5.28. The molecule has 132 valence electrons. The predicted molar refractivity (Wildman–Crippen MR) is 107 cm³/mol. The van der Waals surface area contributed by atoms with Crippen molar-refractivity contribution in [2.24, 2.45) is 0 Å². The van der Waals surface area contributed by atoms with Crippen molar-refractivity contribution in [3.05, 3.63) is 72.8 Å². The second-order valence-corrected chi connectivity index (χ2v) is 12.1. The van der Waals surface area contributed by atoms with E-state index in [-0.39, 0.29) is 11.1 Å². The van der Waals surface area contributed by atoms with Gasteiger partial charge < -0.3 is 9.53 Å². The van der Waals surface area contributed by atoms with Gasteiger partial charge >= 0.3 is 0 Å². The standard InChI is InChI=1S/C22H28O2Si/c1-22(2,3)25(18-12-6-4-7-13-18,19-14-8-5-9-15-19)24-21-17-11-10-16-20(21)23/h4-10,12-16,20-21,23H,11,17H2,1-3H3. The quantitative estimate of drug-likeness (QED) is 0.672. The maximum absolute atomic E-state index is 10.5. The molecule has 2 aromatic carbocycles. The molecule has 0 amide bonds. The SMILES string of the molecule is CC(C)(C)[Si](OC1CCC=CC1O)(c1ccccc1)c1ccccc1. The van der Waals surface area contributed by atoms with E-state index in [1.165, 1.54) is 10.4 Å². The molecule has 2 atom stereocenters. The van der Waals surface area contributed by atoms with Crippen LogP contribution in [0.3, 0.4) is 0 Å². The second-order valence-electron chi connectivity index (χ2n) is 7.82. The van der Waals surface area contributed by atoms with Gasteiger partial charge in [-0.2, -0.15) is 0 Å². The molecular formula is C22H28O2Si. The Hall–Kier alpha value is -1.68. The molecule has 1 aliphatic rings. The fraction of sp³-hybridized carbons (Fsp3) is 0.364. The highest BCUT2D eigenvalue weighted by atomic mass is 28.4. The van der Waals surface area contributed by atoms with E-state index in [1.54, 1.807) is 0 Å². The summed E-state index contributed by atoms with van der Waals surface area (Å²) in [6.45, 7) is 6.80. The van der Waals surface area contributed by atoms with E-state index in [4.69, 9.17) is 4.43 Å². The van der Waals surface area contributed by atoms with Gasteiger partial charge in [0.15, 0.2) is 0 Å². The molecule has 2 nitrogen and oxygen atoms in total. The molecule has 1 aliphatic carbocycles. The Labute approximate surface area is 152 Å². The zero-order chi connectivity index (χ0) is 17.9. The molecule has 2 unspecified atom stereocenters. The minimum absolute atomic E-state index is 0.0589. The summed E-state index contributed by atoms with van der Waals surface area (Å²) in [7, 11) is -2.57. The average Bonchev–Trinajstić information content (AvgIpc) is 2.61. The molecule has 0 saturated carbocycles. The van der Waals surface area contributed by atoms with Gasteiger partial charge in [0.1, 0.15) is 0 Å². The first kappa shape index (κ1) is 18.1. The number of hydrogen-bond acceptors (Lipinski definition) is 2. The molecule has 2 aromatic rings. The molecular weight excluding hydrogens is 324 g/mol. The van der Waals surface area contributed by atoms with Crippen LogP contribution in [0.15, 0.2) is 72.8 Å². The number of hydrogen-bond donors (Lipinski definition) is 1. The van der Waals surface area contributed by atoms with Gasteiger partial charge in [-0.25, -0.2) is 0 Å². The number of aliphatic hydroxyl groups excluding tert-OH is 1. The Morgan fingerprint density at radius 1 is 0.920 bits per heavy atom. The first-order valence-electron chi connectivity index (χ1n) is 9.09. The van der Waals surface area contributed by atoms with Gasteiger partial charge in [-0.3, -0.25) is 0 Å². The monoisotopic (exact) mass is 352 g/mol. The second kappa shape index (κ2) is 7.28. The molecule has 1 N–H and O–H groups in total. The lowest BCUT2D eigenvalue weighted by atomic mass is 10.0. The molecule has 0 aliphatic heterocycles. The van der Waals surface area contributed by atoms with Crippen molar-refractivity contribution in [1.82, 2.24) is 0 Å². The van der Waals surface area contributed by atoms with Crippen LogP contribution in [0.5, 0.6) is 0 Å². The highest BCUT2D eigenvalue weighted by Gasteiger charge is 2.52. The summed E-state index contributed by atoms with van der Waals surface area (Å²) < 4.78 is 6.97. The lowest BCUT2D eigenvalue weighted by Gasteiger charge is -2.46. The van der Waals surface area contributed by atoms with Crippen molar-refractivity contribution in [3.8, 4) is 0 Å². The van der Waals surface area contributed by atoms with Crippen molar-refractivity contribution < 1.29 is 9.53 Å². The van der Waals surface area contributed by atoms with E-state index in [1.807, 2.05) is 6.08 Å². The normalized spacial score (nSPS) is 21.3. The largest absolute Gasteiger partial charge is 0.401 e. The van der Waals surface area contributed by atoms with E-state index >= 15 is 0 Å². The Balaban J connectivity index is 2.17. The van der Waals surface area contributed by atoms with Crippen LogP contribution in [-0.4, -0.2) is 25.6 Å². The van der Waals surface area contributed by atoms with Crippen molar-refractivity contribution in [2.45, 2.75) is 50.9 Å². The maximum atomic E-state index is 10.5. The zero-order valence-electron chi connectivity index (χ0n) is 15.4. The Morgan fingerprint density at radius 3 is 1.88 bits per heavy atom. The molecule has 0 fully saturated rings. The highest BCUT2D eigenvalue weighted by Crippen LogP contribution is 2.38. The molecule has 0 radical (unpaired) electrons. The van der Waals surface area contributed by atoms with Gasteiger partial charge in [0.25, 0.3) is 8.32 Å². The summed E-state index contributed by atoms with van der Waals surface area (Å²) in [5, 5.41) is 13.0. The van der Waals surface area contributed by atoms with E-state index in [2.05, 4.69) is 87.5 Å². The lowest BCUT2D eigenvalue weighted by Crippen LogP contribution is -2.68. The topological polar surface area (TPSA) is 29.5 Å². The van der Waals surface area contributed by atoms with Crippen molar-refractivity contribution in [3.63, 3.8) is 0 Å². The first-order chi connectivity index (χ1) is 11.9. The van der Waals surface area contributed by atoms with Crippen LogP contribution in [0.4, 0.5) is 0 Å². The number of rotatable bonds is 4. The van der Waals surface area contributed by atoms with E-state index < -0.39 is 14.4 Å². The summed E-state index contributed by atoms with van der Waals surface area (Å²) in [6, 6.07) is 21.2. The van der Waals surface area contributed by atoms with Gasteiger partial charge in [0.05, 0.1) is 12.2 Å². The minimum Gasteiger partial charge on any atom is -0.401 e. The van der Waals surface area contributed by atoms with Gasteiger partial charge in [-0.1, -0.05) is 93.6 Å². The van der Waals surface area contributed by atoms with Crippen molar-refractivity contribution in [1.29, 1.82) is 0 Å². The molecule has 0 spiro atoms. The molecule has 25 heavy (non-hydrogen) atoms. The summed E-state index contributed by atoms with van der Waals surface area (Å²) in [6.07, 6.45) is 5.07. The van der Waals surface area contributed by atoms with E-state index in [9.17, 15) is 5.11 Å². The fourth-order valence-corrected chi connectivity index (χ4v) is 8.56. The summed E-state index contributed by atoms with van der Waals surface area (Å²) in [4.78, 5) is 0. The molecule has 0 heterocycles. The van der Waals surface area contributed by atoms with Gasteiger partial charge in [0, 0.05) is 0 Å². The van der Waals surface area contributed by atoms with E-state index in [0.717, 1.165) is 12.8 Å². The predicted octanol–water partition coefficient (Wildman–Crippen LogP) is 3.64. The average molecular weight is 353 g/mol. The fourth-order valence-electron chi connectivity index (χ4n) is 3.84. The Bertz CT molecular complexity index is 664. The van der Waals surface area contributed by atoms with Crippen LogP contribution in [-0.2, 0) is 4.43 Å². The third-order valence-electron chi connectivity index (χ3n) is 5.08. The van der Waals surface area contributed by atoms with Crippen LogP contribution in [0.2, 0.25) is 5.04 Å². The number of benzene rings is 2. The summed E-state index contributed by atoms with van der Waals surface area (Å²) >= 11 is 0. The molecule has 0 bridgehead atoms. The Morgan fingerprint density at radius 2 is 1.44 bits per heavy atom. The molecule has 0 aromatic heterocycles. The smallest absolute Gasteiger partial charge is 0.261 e. The third kappa shape index (κ3) is 3.50. The molecule has 3 rings (SSSR count). The maximum Gasteiger partial charge on any atom is 0.261 e. The summed E-state index contributed by atoms with van der Waals surface area (Å²) in [5.41, 5.74) is 0. The third-order valence-corrected chi connectivity index (χ3v) is 10.1. The number of aliphatic hydroxyl groups is 1. The minimum atomic E-state index is -2.57. The zero-order valence-corrected chi connectivity index (χ0v) is 16.4. The van der Waals surface area contributed by atoms with Crippen LogP contribution < -0.4 is 10.4 Å². The highest BCUT2D eigenvalue weighted by molar-refractivity contribution is 6.99. The number of allylic oxidation sites excluding steroid dienone is 1. The van der Waals surface area contributed by atoms with Crippen LogP contribution in [0.1, 0.15) is 33.6 Å². The van der Waals surface area contributed by atoms with Gasteiger partial charge in [-0.15, -0.1) is 0 Å². The van der Waals surface area contributed by atoms with E-state index in [0.29, 0.717) is 0 Å². The summed E-state index contributed by atoms with van der Waals surface area (Å²) in [5.74, 6) is 0. The van der Waals surface area contributed by atoms with Crippen LogP contribution >= 0.6 is 0 Å². The molecule has 3 heteroatoms. The lowest BCUT2D eigenvalue weighted by molar-refractivity contribution is 0.0498.